The molecule has 2 nitrogen and oxygen atoms in total. The van der Waals surface area contributed by atoms with Crippen LogP contribution in [0.3, 0.4) is 0 Å². The van der Waals surface area contributed by atoms with Crippen LogP contribution in [0.15, 0.2) is 29.2 Å². The van der Waals surface area contributed by atoms with Crippen LogP contribution in [0.4, 0.5) is 0 Å². The van der Waals surface area contributed by atoms with Gasteiger partial charge in [-0.3, -0.25) is 0 Å². The molecular formula is C13H21NOS. The fourth-order valence-electron chi connectivity index (χ4n) is 1.42. The van der Waals surface area contributed by atoms with Gasteiger partial charge in [-0.05, 0) is 24.6 Å². The second kappa shape index (κ2) is 7.71. The minimum Gasteiger partial charge on any atom is -0.395 e. The number of benzene rings is 1. The van der Waals surface area contributed by atoms with Crippen molar-refractivity contribution in [2.75, 3.05) is 13.2 Å². The van der Waals surface area contributed by atoms with Gasteiger partial charge in [-0.1, -0.05) is 32.0 Å². The van der Waals surface area contributed by atoms with E-state index in [0.29, 0.717) is 0 Å². The van der Waals surface area contributed by atoms with Gasteiger partial charge in [-0.2, -0.15) is 0 Å². The van der Waals surface area contributed by atoms with E-state index in [9.17, 15) is 0 Å². The molecule has 3 heteroatoms. The molecule has 1 unspecified atom stereocenters. The predicted molar refractivity (Wildman–Crippen MR) is 70.8 cm³/mol. The summed E-state index contributed by atoms with van der Waals surface area (Å²) in [6.45, 7) is 6.40. The largest absolute Gasteiger partial charge is 0.395 e. The molecule has 0 aliphatic heterocycles. The monoisotopic (exact) mass is 239 g/mol. The van der Waals surface area contributed by atoms with E-state index in [-0.39, 0.29) is 11.9 Å². The zero-order valence-corrected chi connectivity index (χ0v) is 10.9. The van der Waals surface area contributed by atoms with Gasteiger partial charge in [0.15, 0.2) is 0 Å². The molecule has 0 heterocycles. The third kappa shape index (κ3) is 4.56. The van der Waals surface area contributed by atoms with Crippen LogP contribution in [-0.4, -0.2) is 23.5 Å². The van der Waals surface area contributed by atoms with E-state index in [1.165, 1.54) is 10.5 Å². The van der Waals surface area contributed by atoms with Crippen molar-refractivity contribution < 1.29 is 5.11 Å². The van der Waals surface area contributed by atoms with Crippen molar-refractivity contribution in [2.45, 2.75) is 37.0 Å². The van der Waals surface area contributed by atoms with Crippen LogP contribution in [0.1, 0.15) is 25.8 Å². The van der Waals surface area contributed by atoms with Crippen molar-refractivity contribution >= 4 is 11.8 Å². The molecule has 90 valence electrons. The zero-order chi connectivity index (χ0) is 11.8. The van der Waals surface area contributed by atoms with Crippen LogP contribution >= 0.6 is 11.8 Å². The predicted octanol–water partition coefficient (Wildman–Crippen LogP) is 2.66. The Morgan fingerprint density at radius 1 is 1.38 bits per heavy atom. The maximum atomic E-state index is 9.06. The molecule has 2 N–H and O–H groups in total. The lowest BCUT2D eigenvalue weighted by Gasteiger charge is -2.12. The van der Waals surface area contributed by atoms with E-state index in [1.807, 2.05) is 6.92 Å². The first-order valence-electron chi connectivity index (χ1n) is 5.84. The zero-order valence-electron chi connectivity index (χ0n) is 10.1. The Labute approximate surface area is 102 Å². The smallest absolute Gasteiger partial charge is 0.0550 e. The highest BCUT2D eigenvalue weighted by molar-refractivity contribution is 8.00. The molecule has 1 aromatic rings. The number of aliphatic hydroxyl groups excluding tert-OH is 1. The summed E-state index contributed by atoms with van der Waals surface area (Å²) in [6, 6.07) is 8.39. The van der Waals surface area contributed by atoms with Gasteiger partial charge in [0.2, 0.25) is 0 Å². The number of aliphatic hydroxyl groups is 1. The van der Waals surface area contributed by atoms with Gasteiger partial charge in [-0.15, -0.1) is 11.8 Å². The third-order valence-electron chi connectivity index (χ3n) is 2.30. The Morgan fingerprint density at radius 3 is 2.81 bits per heavy atom. The first kappa shape index (κ1) is 13.6. The fraction of sp³-hybridized carbons (Fsp3) is 0.538. The quantitative estimate of drug-likeness (QED) is 0.567. The van der Waals surface area contributed by atoms with Gasteiger partial charge in [0, 0.05) is 16.7 Å². The van der Waals surface area contributed by atoms with E-state index in [1.54, 1.807) is 11.8 Å². The fourth-order valence-corrected chi connectivity index (χ4v) is 2.38. The standard InChI is InChI=1S/C13H21NOS/c1-3-8-14-9-12-6-4-5-7-13(12)16-11(2)10-15/h4-7,11,14-15H,3,8-10H2,1-2H3. The highest BCUT2D eigenvalue weighted by Gasteiger charge is 2.06. The van der Waals surface area contributed by atoms with E-state index in [4.69, 9.17) is 5.11 Å². The van der Waals surface area contributed by atoms with Gasteiger partial charge in [0.1, 0.15) is 0 Å². The molecule has 16 heavy (non-hydrogen) atoms. The van der Waals surface area contributed by atoms with Crippen molar-refractivity contribution in [3.8, 4) is 0 Å². The molecule has 0 saturated heterocycles. The molecule has 0 aliphatic carbocycles. The Balaban J connectivity index is 2.60. The first-order chi connectivity index (χ1) is 7.77. The molecule has 0 spiro atoms. The average Bonchev–Trinajstić information content (AvgIpc) is 2.31. The summed E-state index contributed by atoms with van der Waals surface area (Å²) in [6.07, 6.45) is 1.16. The second-order valence-corrected chi connectivity index (χ2v) is 5.38. The molecular weight excluding hydrogens is 218 g/mol. The summed E-state index contributed by atoms with van der Waals surface area (Å²) in [7, 11) is 0. The highest BCUT2D eigenvalue weighted by Crippen LogP contribution is 2.26. The topological polar surface area (TPSA) is 32.3 Å². The molecule has 0 aliphatic rings. The number of nitrogens with one attached hydrogen (secondary N) is 1. The molecule has 1 aromatic carbocycles. The third-order valence-corrected chi connectivity index (χ3v) is 3.50. The maximum Gasteiger partial charge on any atom is 0.0550 e. The highest BCUT2D eigenvalue weighted by atomic mass is 32.2. The normalized spacial score (nSPS) is 12.7. The van der Waals surface area contributed by atoms with E-state index in [2.05, 4.69) is 36.5 Å². The number of hydrogen-bond donors (Lipinski definition) is 2. The van der Waals surface area contributed by atoms with Crippen LogP contribution in [0, 0.1) is 0 Å². The Hall–Kier alpha value is -0.510. The van der Waals surface area contributed by atoms with Crippen molar-refractivity contribution in [3.05, 3.63) is 29.8 Å². The van der Waals surface area contributed by atoms with Gasteiger partial charge in [0.05, 0.1) is 6.61 Å². The minimum absolute atomic E-state index is 0.224. The van der Waals surface area contributed by atoms with Crippen molar-refractivity contribution in [3.63, 3.8) is 0 Å². The molecule has 0 saturated carbocycles. The van der Waals surface area contributed by atoms with Crippen molar-refractivity contribution in [1.82, 2.24) is 5.32 Å². The minimum atomic E-state index is 0.224. The molecule has 1 rings (SSSR count). The average molecular weight is 239 g/mol. The van der Waals surface area contributed by atoms with E-state index >= 15 is 0 Å². The Kier molecular flexibility index (Phi) is 6.53. The number of thioether (sulfide) groups is 1. The molecule has 0 radical (unpaired) electrons. The summed E-state index contributed by atoms with van der Waals surface area (Å²) < 4.78 is 0. The molecule has 0 aromatic heterocycles. The summed E-state index contributed by atoms with van der Waals surface area (Å²) >= 11 is 1.74. The van der Waals surface area contributed by atoms with Crippen LogP contribution in [0.2, 0.25) is 0 Å². The summed E-state index contributed by atoms with van der Waals surface area (Å²) in [5.74, 6) is 0. The van der Waals surface area contributed by atoms with Crippen molar-refractivity contribution in [2.24, 2.45) is 0 Å². The van der Waals surface area contributed by atoms with Gasteiger partial charge >= 0.3 is 0 Å². The molecule has 0 amide bonds. The van der Waals surface area contributed by atoms with Crippen molar-refractivity contribution in [1.29, 1.82) is 0 Å². The maximum absolute atomic E-state index is 9.06. The van der Waals surface area contributed by atoms with Crippen LogP contribution in [0.5, 0.6) is 0 Å². The summed E-state index contributed by atoms with van der Waals surface area (Å²) in [4.78, 5) is 1.27. The Bertz CT molecular complexity index is 304. The molecule has 0 fully saturated rings. The summed E-state index contributed by atoms with van der Waals surface area (Å²) in [5, 5.41) is 12.7. The lowest BCUT2D eigenvalue weighted by atomic mass is 10.2. The SMILES string of the molecule is CCCNCc1ccccc1SC(C)CO. The van der Waals surface area contributed by atoms with E-state index < -0.39 is 0 Å². The lowest BCUT2D eigenvalue weighted by molar-refractivity contribution is 0.300. The summed E-state index contributed by atoms with van der Waals surface area (Å²) in [5.41, 5.74) is 1.32. The molecule has 1 atom stereocenters. The lowest BCUT2D eigenvalue weighted by Crippen LogP contribution is -2.14. The van der Waals surface area contributed by atoms with Crippen LogP contribution < -0.4 is 5.32 Å². The van der Waals surface area contributed by atoms with Gasteiger partial charge in [-0.25, -0.2) is 0 Å². The number of rotatable bonds is 7. The van der Waals surface area contributed by atoms with Gasteiger partial charge in [0.25, 0.3) is 0 Å². The Morgan fingerprint density at radius 2 is 2.12 bits per heavy atom. The second-order valence-electron chi connectivity index (χ2n) is 3.90. The van der Waals surface area contributed by atoms with Gasteiger partial charge < -0.3 is 10.4 Å². The van der Waals surface area contributed by atoms with Crippen LogP contribution in [0.25, 0.3) is 0 Å². The number of hydrogen-bond acceptors (Lipinski definition) is 3. The van der Waals surface area contributed by atoms with Crippen LogP contribution in [-0.2, 0) is 6.54 Å². The first-order valence-corrected chi connectivity index (χ1v) is 6.72. The molecule has 0 bridgehead atoms. The van der Waals surface area contributed by atoms with E-state index in [0.717, 1.165) is 19.5 Å².